The standard InChI is InChI=1S/C31H24N2O3/c34-31(32-25-19-35-27-17-9-7-15-23(27)29(25)21-11-3-1-4-12-21)33-26-20-36-28-18-10-8-16-24(28)30(26)22-13-5-2-6-14-22/h1-18H,19-20H2,(H2,32,33,34). The Labute approximate surface area is 209 Å². The summed E-state index contributed by atoms with van der Waals surface area (Å²) in [6.45, 7) is 0.525. The van der Waals surface area contributed by atoms with E-state index in [4.69, 9.17) is 9.47 Å². The Bertz CT molecular complexity index is 1380. The SMILES string of the molecule is O=C(NC1=C(c2ccccc2)c2ccccc2OC1)NC1=C(c2ccccc2)c2ccccc2OC1. The summed E-state index contributed by atoms with van der Waals surface area (Å²) >= 11 is 0. The van der Waals surface area contributed by atoms with Crippen molar-refractivity contribution in [2.24, 2.45) is 0 Å². The molecule has 5 heteroatoms. The van der Waals surface area contributed by atoms with Crippen molar-refractivity contribution in [2.45, 2.75) is 0 Å². The van der Waals surface area contributed by atoms with Crippen molar-refractivity contribution in [2.75, 3.05) is 13.2 Å². The van der Waals surface area contributed by atoms with Crippen molar-refractivity contribution in [3.8, 4) is 11.5 Å². The van der Waals surface area contributed by atoms with Gasteiger partial charge in [0.15, 0.2) is 0 Å². The molecule has 2 amide bonds. The van der Waals surface area contributed by atoms with Gasteiger partial charge in [0.25, 0.3) is 0 Å². The molecule has 4 aromatic rings. The molecule has 0 atom stereocenters. The fourth-order valence-corrected chi connectivity index (χ4v) is 4.74. The highest BCUT2D eigenvalue weighted by atomic mass is 16.5. The molecule has 0 aromatic heterocycles. The largest absolute Gasteiger partial charge is 0.487 e. The Hall–Kier alpha value is -4.77. The second-order valence-electron chi connectivity index (χ2n) is 8.59. The number of carbonyl (C=O) groups excluding carboxylic acids is 1. The van der Waals surface area contributed by atoms with Crippen molar-refractivity contribution in [3.63, 3.8) is 0 Å². The molecule has 0 saturated heterocycles. The third kappa shape index (κ3) is 4.12. The van der Waals surface area contributed by atoms with Crippen LogP contribution in [0.25, 0.3) is 11.1 Å². The summed E-state index contributed by atoms with van der Waals surface area (Å²) in [5.74, 6) is 1.60. The van der Waals surface area contributed by atoms with Gasteiger partial charge in [-0.2, -0.15) is 0 Å². The summed E-state index contributed by atoms with van der Waals surface area (Å²) in [5.41, 5.74) is 7.25. The zero-order valence-electron chi connectivity index (χ0n) is 19.5. The summed E-state index contributed by atoms with van der Waals surface area (Å²) in [6, 6.07) is 35.5. The molecule has 0 bridgehead atoms. The van der Waals surface area contributed by atoms with Crippen LogP contribution in [-0.4, -0.2) is 19.2 Å². The van der Waals surface area contributed by atoms with E-state index in [-0.39, 0.29) is 19.2 Å². The molecule has 0 fully saturated rings. The number of benzene rings is 4. The van der Waals surface area contributed by atoms with Gasteiger partial charge >= 0.3 is 6.03 Å². The minimum absolute atomic E-state index is 0.262. The quantitative estimate of drug-likeness (QED) is 0.384. The van der Waals surface area contributed by atoms with E-state index in [1.54, 1.807) is 0 Å². The molecule has 4 aromatic carbocycles. The van der Waals surface area contributed by atoms with Gasteiger partial charge in [0.1, 0.15) is 24.7 Å². The Morgan fingerprint density at radius 2 is 0.917 bits per heavy atom. The first-order chi connectivity index (χ1) is 17.8. The highest BCUT2D eigenvalue weighted by molar-refractivity contribution is 5.92. The van der Waals surface area contributed by atoms with Gasteiger partial charge in [-0.1, -0.05) is 97.1 Å². The Morgan fingerprint density at radius 3 is 1.36 bits per heavy atom. The van der Waals surface area contributed by atoms with E-state index in [1.807, 2.05) is 109 Å². The molecule has 5 nitrogen and oxygen atoms in total. The molecule has 0 spiro atoms. The monoisotopic (exact) mass is 472 g/mol. The normalized spacial score (nSPS) is 14.2. The first kappa shape index (κ1) is 21.7. The van der Waals surface area contributed by atoms with Crippen LogP contribution in [0.3, 0.4) is 0 Å². The van der Waals surface area contributed by atoms with E-state index < -0.39 is 0 Å². The van der Waals surface area contributed by atoms with Crippen LogP contribution in [0.5, 0.6) is 11.5 Å². The summed E-state index contributed by atoms with van der Waals surface area (Å²) in [6.07, 6.45) is 0. The number of para-hydroxylation sites is 2. The first-order valence-corrected chi connectivity index (χ1v) is 11.9. The van der Waals surface area contributed by atoms with Crippen LogP contribution >= 0.6 is 0 Å². The van der Waals surface area contributed by atoms with Gasteiger partial charge in [-0.15, -0.1) is 0 Å². The van der Waals surface area contributed by atoms with E-state index in [9.17, 15) is 4.79 Å². The molecule has 176 valence electrons. The van der Waals surface area contributed by atoms with Crippen LogP contribution < -0.4 is 20.1 Å². The van der Waals surface area contributed by atoms with Gasteiger partial charge in [-0.3, -0.25) is 0 Å². The molecular formula is C31H24N2O3. The van der Waals surface area contributed by atoms with Crippen molar-refractivity contribution in [1.82, 2.24) is 10.6 Å². The minimum atomic E-state index is -0.340. The Morgan fingerprint density at radius 1 is 0.528 bits per heavy atom. The van der Waals surface area contributed by atoms with E-state index >= 15 is 0 Å². The topological polar surface area (TPSA) is 59.6 Å². The number of nitrogens with one attached hydrogen (secondary N) is 2. The van der Waals surface area contributed by atoms with Crippen molar-refractivity contribution in [1.29, 1.82) is 0 Å². The number of hydrogen-bond acceptors (Lipinski definition) is 3. The number of fused-ring (bicyclic) bond motifs is 2. The average Bonchev–Trinajstić information content (AvgIpc) is 2.93. The molecule has 0 aliphatic carbocycles. The lowest BCUT2D eigenvalue weighted by Crippen LogP contribution is -2.39. The molecule has 2 N–H and O–H groups in total. The van der Waals surface area contributed by atoms with Crippen LogP contribution in [0.2, 0.25) is 0 Å². The second-order valence-corrected chi connectivity index (χ2v) is 8.59. The lowest BCUT2D eigenvalue weighted by atomic mass is 9.93. The summed E-state index contributed by atoms with van der Waals surface area (Å²) in [5, 5.41) is 6.13. The molecule has 0 unspecified atom stereocenters. The number of ether oxygens (including phenoxy) is 2. The number of amides is 2. The van der Waals surface area contributed by atoms with E-state index in [0.29, 0.717) is 11.4 Å². The van der Waals surface area contributed by atoms with E-state index in [2.05, 4.69) is 10.6 Å². The fraction of sp³-hybridized carbons (Fsp3) is 0.0645. The van der Waals surface area contributed by atoms with Gasteiger partial charge in [0.05, 0.1) is 11.4 Å². The number of hydrogen-bond donors (Lipinski definition) is 2. The zero-order valence-corrected chi connectivity index (χ0v) is 19.5. The van der Waals surface area contributed by atoms with Gasteiger partial charge in [-0.05, 0) is 23.3 Å². The first-order valence-electron chi connectivity index (χ1n) is 11.9. The Balaban J connectivity index is 1.37. The summed E-state index contributed by atoms with van der Waals surface area (Å²) < 4.78 is 12.0. The predicted molar refractivity (Wildman–Crippen MR) is 140 cm³/mol. The van der Waals surface area contributed by atoms with Gasteiger partial charge in [-0.25, -0.2) is 4.79 Å². The highest BCUT2D eigenvalue weighted by Gasteiger charge is 2.25. The number of rotatable bonds is 4. The van der Waals surface area contributed by atoms with Crippen LogP contribution in [0.15, 0.2) is 121 Å². The van der Waals surface area contributed by atoms with Gasteiger partial charge in [0.2, 0.25) is 0 Å². The third-order valence-corrected chi connectivity index (χ3v) is 6.31. The molecule has 36 heavy (non-hydrogen) atoms. The maximum Gasteiger partial charge on any atom is 0.323 e. The van der Waals surface area contributed by atoms with Crippen molar-refractivity contribution in [3.05, 3.63) is 143 Å². The highest BCUT2D eigenvalue weighted by Crippen LogP contribution is 2.38. The molecule has 2 heterocycles. The predicted octanol–water partition coefficient (Wildman–Crippen LogP) is 5.99. The molecule has 0 saturated carbocycles. The van der Waals surface area contributed by atoms with Gasteiger partial charge in [0, 0.05) is 22.3 Å². The summed E-state index contributed by atoms with van der Waals surface area (Å²) in [4.78, 5) is 13.4. The van der Waals surface area contributed by atoms with Crippen LogP contribution in [0, 0.1) is 0 Å². The molecule has 6 rings (SSSR count). The van der Waals surface area contributed by atoms with Crippen LogP contribution in [0.1, 0.15) is 22.3 Å². The number of urea groups is 1. The van der Waals surface area contributed by atoms with E-state index in [0.717, 1.165) is 44.9 Å². The Kier molecular flexibility index (Phi) is 5.72. The maximum atomic E-state index is 13.4. The molecule has 2 aliphatic rings. The fourth-order valence-electron chi connectivity index (χ4n) is 4.74. The van der Waals surface area contributed by atoms with Crippen LogP contribution in [-0.2, 0) is 0 Å². The molecule has 0 radical (unpaired) electrons. The smallest absolute Gasteiger partial charge is 0.323 e. The van der Waals surface area contributed by atoms with E-state index in [1.165, 1.54) is 0 Å². The second kappa shape index (κ2) is 9.47. The lowest BCUT2D eigenvalue weighted by molar-refractivity contribution is 0.240. The maximum absolute atomic E-state index is 13.4. The van der Waals surface area contributed by atoms with Crippen molar-refractivity contribution >= 4 is 17.2 Å². The molecule has 2 aliphatic heterocycles. The van der Waals surface area contributed by atoms with Crippen molar-refractivity contribution < 1.29 is 14.3 Å². The average molecular weight is 473 g/mol. The number of carbonyl (C=O) groups is 1. The molecular weight excluding hydrogens is 448 g/mol. The van der Waals surface area contributed by atoms with Gasteiger partial charge < -0.3 is 20.1 Å². The van der Waals surface area contributed by atoms with Crippen LogP contribution in [0.4, 0.5) is 4.79 Å². The summed E-state index contributed by atoms with van der Waals surface area (Å²) in [7, 11) is 0. The zero-order chi connectivity index (χ0) is 24.3. The lowest BCUT2D eigenvalue weighted by Gasteiger charge is -2.27. The minimum Gasteiger partial charge on any atom is -0.487 e. The third-order valence-electron chi connectivity index (χ3n) is 6.31.